The number of rotatable bonds is 6. The van der Waals surface area contributed by atoms with Crippen molar-refractivity contribution >= 4 is 17.8 Å². The molecule has 0 unspecified atom stereocenters. The molecule has 2 amide bonds. The summed E-state index contributed by atoms with van der Waals surface area (Å²) in [6.07, 6.45) is 1.01. The van der Waals surface area contributed by atoms with Gasteiger partial charge in [-0.1, -0.05) is 36.4 Å². The van der Waals surface area contributed by atoms with Crippen LogP contribution in [0.25, 0.3) is 0 Å². The van der Waals surface area contributed by atoms with E-state index in [-0.39, 0.29) is 11.5 Å². The highest BCUT2D eigenvalue weighted by Gasteiger charge is 2.27. The van der Waals surface area contributed by atoms with Gasteiger partial charge >= 0.3 is 5.97 Å². The van der Waals surface area contributed by atoms with Gasteiger partial charge in [-0.25, -0.2) is 4.79 Å². The third-order valence-electron chi connectivity index (χ3n) is 4.02. The number of carbonyl (C=O) groups is 3. The predicted molar refractivity (Wildman–Crippen MR) is 93.5 cm³/mol. The normalized spacial score (nSPS) is 13.5. The molecular weight excluding hydrogens is 334 g/mol. The molecule has 134 valence electrons. The van der Waals surface area contributed by atoms with Crippen LogP contribution in [0, 0.1) is 0 Å². The fourth-order valence-corrected chi connectivity index (χ4v) is 2.65. The van der Waals surface area contributed by atoms with E-state index in [0.29, 0.717) is 31.7 Å². The number of nitrogens with zero attached hydrogens (tertiary/aromatic N) is 1. The number of imide groups is 1. The lowest BCUT2D eigenvalue weighted by Crippen LogP contribution is -2.35. The van der Waals surface area contributed by atoms with Crippen molar-refractivity contribution in [2.45, 2.75) is 19.4 Å². The van der Waals surface area contributed by atoms with Gasteiger partial charge < -0.3 is 9.47 Å². The highest BCUT2D eigenvalue weighted by Crippen LogP contribution is 2.16. The molecule has 6 nitrogen and oxygen atoms in total. The van der Waals surface area contributed by atoms with Crippen molar-refractivity contribution in [2.75, 3.05) is 13.2 Å². The van der Waals surface area contributed by atoms with Crippen molar-refractivity contribution in [3.63, 3.8) is 0 Å². The third kappa shape index (κ3) is 4.47. The molecule has 26 heavy (non-hydrogen) atoms. The average Bonchev–Trinajstić information content (AvgIpc) is 3.11. The van der Waals surface area contributed by atoms with Crippen molar-refractivity contribution < 1.29 is 23.9 Å². The van der Waals surface area contributed by atoms with Crippen LogP contribution in [-0.2, 0) is 20.9 Å². The van der Waals surface area contributed by atoms with E-state index in [1.807, 2.05) is 30.3 Å². The number of hydrogen-bond donors (Lipinski definition) is 0. The monoisotopic (exact) mass is 353 g/mol. The number of hydrogen-bond acceptors (Lipinski definition) is 5. The molecule has 0 N–H and O–H groups in total. The molecule has 0 spiro atoms. The van der Waals surface area contributed by atoms with Gasteiger partial charge in [-0.2, -0.15) is 0 Å². The summed E-state index contributed by atoms with van der Waals surface area (Å²) in [6.45, 7) is 0.326. The third-order valence-corrected chi connectivity index (χ3v) is 4.02. The van der Waals surface area contributed by atoms with Gasteiger partial charge in [-0.15, -0.1) is 0 Å². The van der Waals surface area contributed by atoms with Crippen LogP contribution < -0.4 is 4.74 Å². The molecule has 1 saturated heterocycles. The average molecular weight is 353 g/mol. The topological polar surface area (TPSA) is 72.9 Å². The lowest BCUT2D eigenvalue weighted by molar-refractivity contribution is -0.143. The smallest absolute Gasteiger partial charge is 0.338 e. The maximum atomic E-state index is 12.1. The van der Waals surface area contributed by atoms with Gasteiger partial charge in [0.2, 0.25) is 5.91 Å². The SMILES string of the molecule is O=C(OCC(=O)N1CCCC1=O)c1cccc(OCc2ccccc2)c1. The highest BCUT2D eigenvalue weighted by molar-refractivity contribution is 5.98. The molecule has 6 heteroatoms. The first-order valence-electron chi connectivity index (χ1n) is 8.40. The maximum absolute atomic E-state index is 12.1. The molecule has 1 fully saturated rings. The minimum atomic E-state index is -0.629. The van der Waals surface area contributed by atoms with Gasteiger partial charge in [-0.05, 0) is 30.2 Å². The van der Waals surface area contributed by atoms with Crippen molar-refractivity contribution in [1.82, 2.24) is 4.90 Å². The Bertz CT molecular complexity index is 803. The van der Waals surface area contributed by atoms with E-state index in [0.717, 1.165) is 10.5 Å². The molecule has 3 rings (SSSR count). The van der Waals surface area contributed by atoms with Gasteiger partial charge in [0.25, 0.3) is 5.91 Å². The number of esters is 1. The Morgan fingerprint density at radius 3 is 2.58 bits per heavy atom. The molecule has 1 heterocycles. The van der Waals surface area contributed by atoms with E-state index in [4.69, 9.17) is 9.47 Å². The number of benzene rings is 2. The summed E-state index contributed by atoms with van der Waals surface area (Å²) >= 11 is 0. The van der Waals surface area contributed by atoms with Gasteiger partial charge in [-0.3, -0.25) is 14.5 Å². The van der Waals surface area contributed by atoms with Gasteiger partial charge in [0.15, 0.2) is 6.61 Å². The summed E-state index contributed by atoms with van der Waals surface area (Å²) in [5.74, 6) is -0.806. The Hall–Kier alpha value is -3.15. The Morgan fingerprint density at radius 1 is 1.04 bits per heavy atom. The molecule has 2 aromatic rings. The molecule has 0 aromatic heterocycles. The first-order valence-corrected chi connectivity index (χ1v) is 8.40. The number of carbonyl (C=O) groups excluding carboxylic acids is 3. The maximum Gasteiger partial charge on any atom is 0.338 e. The molecule has 0 saturated carbocycles. The lowest BCUT2D eigenvalue weighted by Gasteiger charge is -2.13. The largest absolute Gasteiger partial charge is 0.489 e. The van der Waals surface area contributed by atoms with E-state index < -0.39 is 18.5 Å². The first-order chi connectivity index (χ1) is 12.6. The number of ether oxygens (including phenoxy) is 2. The van der Waals surface area contributed by atoms with Crippen molar-refractivity contribution in [3.8, 4) is 5.75 Å². The predicted octanol–water partition coefficient (Wildman–Crippen LogP) is 2.57. The van der Waals surface area contributed by atoms with Gasteiger partial charge in [0.05, 0.1) is 5.56 Å². The van der Waals surface area contributed by atoms with E-state index in [2.05, 4.69) is 0 Å². The van der Waals surface area contributed by atoms with Crippen LogP contribution in [0.15, 0.2) is 54.6 Å². The molecule has 0 aliphatic carbocycles. The molecule has 2 aromatic carbocycles. The van der Waals surface area contributed by atoms with Crippen LogP contribution in [0.3, 0.4) is 0 Å². The fraction of sp³-hybridized carbons (Fsp3) is 0.250. The Morgan fingerprint density at radius 2 is 1.85 bits per heavy atom. The molecule has 1 aliphatic heterocycles. The van der Waals surface area contributed by atoms with Crippen molar-refractivity contribution in [1.29, 1.82) is 0 Å². The van der Waals surface area contributed by atoms with E-state index in [1.54, 1.807) is 24.3 Å². The van der Waals surface area contributed by atoms with Crippen molar-refractivity contribution in [2.24, 2.45) is 0 Å². The van der Waals surface area contributed by atoms with Crippen molar-refractivity contribution in [3.05, 3.63) is 65.7 Å². The standard InChI is InChI=1S/C20H19NO5/c22-18-10-5-11-21(18)19(23)14-26-20(24)16-8-4-9-17(12-16)25-13-15-6-2-1-3-7-15/h1-4,6-9,12H,5,10-11,13-14H2. The minimum absolute atomic E-state index is 0.220. The lowest BCUT2D eigenvalue weighted by atomic mass is 10.2. The van der Waals surface area contributed by atoms with Crippen LogP contribution in [-0.4, -0.2) is 35.8 Å². The second-order valence-corrected chi connectivity index (χ2v) is 5.92. The van der Waals surface area contributed by atoms with E-state index in [1.165, 1.54) is 0 Å². The number of likely N-dealkylation sites (tertiary alicyclic amines) is 1. The summed E-state index contributed by atoms with van der Waals surface area (Å²) in [5, 5.41) is 0. The zero-order valence-electron chi connectivity index (χ0n) is 14.2. The zero-order chi connectivity index (χ0) is 18.4. The van der Waals surface area contributed by atoms with E-state index >= 15 is 0 Å². The highest BCUT2D eigenvalue weighted by atomic mass is 16.5. The summed E-state index contributed by atoms with van der Waals surface area (Å²) in [5.41, 5.74) is 1.30. The van der Waals surface area contributed by atoms with Gasteiger partial charge in [0, 0.05) is 13.0 Å². The Balaban J connectivity index is 1.54. The second kappa shape index (κ2) is 8.29. The summed E-state index contributed by atoms with van der Waals surface area (Å²) in [4.78, 5) is 36.7. The van der Waals surface area contributed by atoms with Crippen LogP contribution in [0.5, 0.6) is 5.75 Å². The zero-order valence-corrected chi connectivity index (χ0v) is 14.2. The van der Waals surface area contributed by atoms with Crippen LogP contribution in [0.2, 0.25) is 0 Å². The Kier molecular flexibility index (Phi) is 5.63. The van der Waals surface area contributed by atoms with E-state index in [9.17, 15) is 14.4 Å². The Labute approximate surface area is 151 Å². The first kappa shape index (κ1) is 17.7. The molecule has 0 atom stereocenters. The molecule has 0 bridgehead atoms. The number of amides is 2. The summed E-state index contributed by atoms with van der Waals surface area (Å²) in [6, 6.07) is 16.3. The second-order valence-electron chi connectivity index (χ2n) is 5.92. The van der Waals surface area contributed by atoms with Crippen LogP contribution in [0.1, 0.15) is 28.8 Å². The molecule has 1 aliphatic rings. The van der Waals surface area contributed by atoms with Gasteiger partial charge in [0.1, 0.15) is 12.4 Å². The van der Waals surface area contributed by atoms with Crippen LogP contribution in [0.4, 0.5) is 0 Å². The minimum Gasteiger partial charge on any atom is -0.489 e. The molecular formula is C20H19NO5. The summed E-state index contributed by atoms with van der Waals surface area (Å²) < 4.78 is 10.7. The summed E-state index contributed by atoms with van der Waals surface area (Å²) in [7, 11) is 0. The van der Waals surface area contributed by atoms with Crippen LogP contribution >= 0.6 is 0 Å². The fourth-order valence-electron chi connectivity index (χ4n) is 2.65. The quantitative estimate of drug-likeness (QED) is 0.747. The molecule has 0 radical (unpaired) electrons.